The Morgan fingerprint density at radius 3 is 2.84 bits per heavy atom. The van der Waals surface area contributed by atoms with Crippen molar-refractivity contribution in [3.8, 4) is 0 Å². The first-order valence-electron chi connectivity index (χ1n) is 5.98. The zero-order valence-corrected chi connectivity index (χ0v) is 10.4. The SMILES string of the molecule is Cc1cccc(Cn2c(=O)oc3ccc(F)cc32)c1. The number of hydrogen-bond acceptors (Lipinski definition) is 2. The third kappa shape index (κ3) is 2.17. The van der Waals surface area contributed by atoms with Crippen LogP contribution in [0.1, 0.15) is 11.1 Å². The van der Waals surface area contributed by atoms with Crippen LogP contribution in [0, 0.1) is 12.7 Å². The van der Waals surface area contributed by atoms with E-state index in [0.717, 1.165) is 11.1 Å². The van der Waals surface area contributed by atoms with Gasteiger partial charge in [-0.2, -0.15) is 0 Å². The highest BCUT2D eigenvalue weighted by molar-refractivity contribution is 5.72. The lowest BCUT2D eigenvalue weighted by atomic mass is 10.1. The molecule has 0 saturated carbocycles. The molecule has 0 aliphatic carbocycles. The Bertz CT molecular complexity index is 801. The number of nitrogens with zero attached hydrogens (tertiary/aromatic N) is 1. The zero-order valence-electron chi connectivity index (χ0n) is 10.4. The zero-order chi connectivity index (χ0) is 13.4. The Kier molecular flexibility index (Phi) is 2.71. The highest BCUT2D eigenvalue weighted by atomic mass is 19.1. The molecule has 0 radical (unpaired) electrons. The second kappa shape index (κ2) is 4.39. The molecule has 19 heavy (non-hydrogen) atoms. The van der Waals surface area contributed by atoms with Gasteiger partial charge < -0.3 is 4.42 Å². The van der Waals surface area contributed by atoms with E-state index in [1.807, 2.05) is 31.2 Å². The number of hydrogen-bond donors (Lipinski definition) is 0. The number of aromatic nitrogens is 1. The van der Waals surface area contributed by atoms with Crippen molar-refractivity contribution in [3.05, 3.63) is 70.0 Å². The Balaban J connectivity index is 2.12. The van der Waals surface area contributed by atoms with Crippen LogP contribution in [0.5, 0.6) is 0 Å². The summed E-state index contributed by atoms with van der Waals surface area (Å²) in [7, 11) is 0. The highest BCUT2D eigenvalue weighted by Gasteiger charge is 2.10. The quantitative estimate of drug-likeness (QED) is 0.707. The van der Waals surface area contributed by atoms with Crippen molar-refractivity contribution < 1.29 is 8.81 Å². The van der Waals surface area contributed by atoms with Gasteiger partial charge in [-0.3, -0.25) is 4.57 Å². The molecule has 2 aromatic carbocycles. The van der Waals surface area contributed by atoms with Crippen LogP contribution in [0.2, 0.25) is 0 Å². The number of rotatable bonds is 2. The minimum absolute atomic E-state index is 0.372. The van der Waals surface area contributed by atoms with Gasteiger partial charge in [0.05, 0.1) is 12.1 Å². The molecule has 0 atom stereocenters. The van der Waals surface area contributed by atoms with Gasteiger partial charge in [0.2, 0.25) is 0 Å². The van der Waals surface area contributed by atoms with Crippen molar-refractivity contribution >= 4 is 11.1 Å². The molecule has 4 heteroatoms. The van der Waals surface area contributed by atoms with Crippen LogP contribution in [-0.2, 0) is 6.54 Å². The first-order valence-corrected chi connectivity index (χ1v) is 5.98. The van der Waals surface area contributed by atoms with Crippen LogP contribution < -0.4 is 5.76 Å². The van der Waals surface area contributed by atoms with Gasteiger partial charge in [-0.25, -0.2) is 9.18 Å². The smallest absolute Gasteiger partial charge is 0.408 e. The fraction of sp³-hybridized carbons (Fsp3) is 0.133. The van der Waals surface area contributed by atoms with Crippen LogP contribution in [0.15, 0.2) is 51.7 Å². The Morgan fingerprint density at radius 1 is 1.21 bits per heavy atom. The molecule has 0 aliphatic rings. The van der Waals surface area contributed by atoms with E-state index < -0.39 is 5.76 Å². The molecule has 3 aromatic rings. The fourth-order valence-electron chi connectivity index (χ4n) is 2.18. The predicted octanol–water partition coefficient (Wildman–Crippen LogP) is 3.09. The molecule has 3 rings (SSSR count). The Labute approximate surface area is 108 Å². The molecule has 96 valence electrons. The number of fused-ring (bicyclic) bond motifs is 1. The summed E-state index contributed by atoms with van der Waals surface area (Å²) in [6.45, 7) is 2.36. The van der Waals surface area contributed by atoms with Gasteiger partial charge in [-0.05, 0) is 24.6 Å². The summed E-state index contributed by atoms with van der Waals surface area (Å²) in [6.07, 6.45) is 0. The maximum Gasteiger partial charge on any atom is 0.420 e. The van der Waals surface area contributed by atoms with E-state index in [9.17, 15) is 9.18 Å². The minimum Gasteiger partial charge on any atom is -0.408 e. The van der Waals surface area contributed by atoms with Gasteiger partial charge in [0.25, 0.3) is 0 Å². The van der Waals surface area contributed by atoms with Crippen LogP contribution in [-0.4, -0.2) is 4.57 Å². The first-order chi connectivity index (χ1) is 9.13. The van der Waals surface area contributed by atoms with E-state index in [1.54, 1.807) is 0 Å². The normalized spacial score (nSPS) is 11.1. The Morgan fingerprint density at radius 2 is 2.05 bits per heavy atom. The highest BCUT2D eigenvalue weighted by Crippen LogP contribution is 2.16. The lowest BCUT2D eigenvalue weighted by Crippen LogP contribution is -2.14. The van der Waals surface area contributed by atoms with Crippen LogP contribution in [0.25, 0.3) is 11.1 Å². The third-order valence-corrected chi connectivity index (χ3v) is 3.05. The predicted molar refractivity (Wildman–Crippen MR) is 70.7 cm³/mol. The average Bonchev–Trinajstić information content (AvgIpc) is 2.66. The molecule has 0 saturated heterocycles. The second-order valence-corrected chi connectivity index (χ2v) is 4.56. The van der Waals surface area contributed by atoms with E-state index in [1.165, 1.54) is 22.8 Å². The Hall–Kier alpha value is -2.36. The summed E-state index contributed by atoms with van der Waals surface area (Å²) in [5.74, 6) is -0.853. The van der Waals surface area contributed by atoms with Crippen molar-refractivity contribution in [1.82, 2.24) is 4.57 Å². The molecule has 0 aliphatic heterocycles. The van der Waals surface area contributed by atoms with Crippen LogP contribution >= 0.6 is 0 Å². The second-order valence-electron chi connectivity index (χ2n) is 4.56. The van der Waals surface area contributed by atoms with Crippen molar-refractivity contribution in [1.29, 1.82) is 0 Å². The number of aryl methyl sites for hydroxylation is 1. The van der Waals surface area contributed by atoms with E-state index in [4.69, 9.17) is 4.42 Å². The molecule has 3 nitrogen and oxygen atoms in total. The maximum absolute atomic E-state index is 13.3. The summed E-state index contributed by atoms with van der Waals surface area (Å²) in [5, 5.41) is 0. The van der Waals surface area contributed by atoms with Gasteiger partial charge in [0.1, 0.15) is 5.82 Å². The summed E-state index contributed by atoms with van der Waals surface area (Å²) < 4.78 is 19.8. The van der Waals surface area contributed by atoms with Gasteiger partial charge in [0, 0.05) is 6.07 Å². The molecular formula is C15H12FNO2. The van der Waals surface area contributed by atoms with Crippen molar-refractivity contribution in [2.24, 2.45) is 0 Å². The van der Waals surface area contributed by atoms with E-state index >= 15 is 0 Å². The molecule has 0 unspecified atom stereocenters. The van der Waals surface area contributed by atoms with E-state index in [-0.39, 0.29) is 5.82 Å². The summed E-state index contributed by atoms with van der Waals surface area (Å²) in [5.41, 5.74) is 2.98. The topological polar surface area (TPSA) is 35.1 Å². The van der Waals surface area contributed by atoms with Gasteiger partial charge in [-0.15, -0.1) is 0 Å². The minimum atomic E-state index is -0.470. The van der Waals surface area contributed by atoms with Crippen molar-refractivity contribution in [2.75, 3.05) is 0 Å². The van der Waals surface area contributed by atoms with Crippen LogP contribution in [0.3, 0.4) is 0 Å². The maximum atomic E-state index is 13.3. The van der Waals surface area contributed by atoms with E-state index in [2.05, 4.69) is 0 Å². The van der Waals surface area contributed by atoms with Crippen LogP contribution in [0.4, 0.5) is 4.39 Å². The average molecular weight is 257 g/mol. The van der Waals surface area contributed by atoms with Crippen molar-refractivity contribution in [2.45, 2.75) is 13.5 Å². The molecule has 1 aromatic heterocycles. The molecule has 0 fully saturated rings. The lowest BCUT2D eigenvalue weighted by Gasteiger charge is -2.03. The third-order valence-electron chi connectivity index (χ3n) is 3.05. The van der Waals surface area contributed by atoms with Crippen molar-refractivity contribution in [3.63, 3.8) is 0 Å². The molecule has 0 amide bonds. The van der Waals surface area contributed by atoms with Gasteiger partial charge >= 0.3 is 5.76 Å². The monoisotopic (exact) mass is 257 g/mol. The standard InChI is InChI=1S/C15H12FNO2/c1-10-3-2-4-11(7-10)9-17-13-8-12(16)5-6-14(13)19-15(17)18/h2-8H,9H2,1H3. The molecule has 1 heterocycles. The van der Waals surface area contributed by atoms with E-state index in [0.29, 0.717) is 17.6 Å². The largest absolute Gasteiger partial charge is 0.420 e. The lowest BCUT2D eigenvalue weighted by molar-refractivity contribution is 0.517. The number of oxazole rings is 1. The van der Waals surface area contributed by atoms with Gasteiger partial charge in [-0.1, -0.05) is 29.8 Å². The summed E-state index contributed by atoms with van der Waals surface area (Å²) in [4.78, 5) is 11.8. The van der Waals surface area contributed by atoms with Gasteiger partial charge in [0.15, 0.2) is 5.58 Å². The summed E-state index contributed by atoms with van der Waals surface area (Å²) >= 11 is 0. The molecule has 0 bridgehead atoms. The number of benzene rings is 2. The molecule has 0 N–H and O–H groups in total. The first kappa shape index (κ1) is 11.7. The molecule has 0 spiro atoms. The number of halogens is 1. The molecular weight excluding hydrogens is 245 g/mol. The summed E-state index contributed by atoms with van der Waals surface area (Å²) in [6, 6.07) is 11.9. The fourth-order valence-corrected chi connectivity index (χ4v) is 2.18.